The molecule has 1 rings (SSSR count). The number of nitrogens with zero attached hydrogens (tertiary/aromatic N) is 3. The van der Waals surface area contributed by atoms with Gasteiger partial charge in [-0.3, -0.25) is 0 Å². The highest BCUT2D eigenvalue weighted by Gasteiger charge is 2.26. The number of aromatic nitrogens is 2. The van der Waals surface area contributed by atoms with Crippen LogP contribution in [0.1, 0.15) is 43.9 Å². The van der Waals surface area contributed by atoms with E-state index in [-0.39, 0.29) is 18.0 Å². The Bertz CT molecular complexity index is 677. The molecule has 0 aliphatic heterocycles. The fourth-order valence-corrected chi connectivity index (χ4v) is 2.91. The number of methoxy groups -OCH3 is 1. The van der Waals surface area contributed by atoms with Crippen molar-refractivity contribution in [1.82, 2.24) is 18.6 Å². The first kappa shape index (κ1) is 23.9. The Morgan fingerprint density at radius 3 is 2.12 bits per heavy atom. The molecular weight excluding hydrogens is 364 g/mol. The smallest absolute Gasteiger partial charge is 0.422 e. The van der Waals surface area contributed by atoms with E-state index in [1.54, 1.807) is 11.6 Å². The Balaban J connectivity index is 0.000000758. The molecule has 0 aliphatic rings. The molecule has 0 radical (unpaired) electrons. The second-order valence-corrected chi connectivity index (χ2v) is 6.46. The van der Waals surface area contributed by atoms with Gasteiger partial charge in [0.25, 0.3) is 0 Å². The summed E-state index contributed by atoms with van der Waals surface area (Å²) >= 11 is 0. The highest BCUT2D eigenvalue weighted by Crippen LogP contribution is 2.11. The maximum absolute atomic E-state index is 11.8. The molecule has 0 aliphatic carbocycles. The lowest BCUT2D eigenvalue weighted by Crippen LogP contribution is -2.36. The lowest BCUT2D eigenvalue weighted by Gasteiger charge is -2.13. The average Bonchev–Trinajstić information content (AvgIpc) is 2.99. The van der Waals surface area contributed by atoms with Gasteiger partial charge < -0.3 is 14.4 Å². The number of amides is 1. The van der Waals surface area contributed by atoms with Gasteiger partial charge in [-0.15, -0.1) is 0 Å². The number of esters is 1. The standard InChI is InChI=1S/C9H13N3O6S.C6H15N/c1-4-18-8(13)7-6(2)10-5-12(7)19(15,16)11-9(14)17-3;1-4-7(5-2)6-3/h5H,4H2,1-3H3,(H,11,14);4-6H2,1-3H3. The van der Waals surface area contributed by atoms with Gasteiger partial charge >= 0.3 is 22.3 Å². The molecule has 10 nitrogen and oxygen atoms in total. The molecule has 0 bridgehead atoms. The van der Waals surface area contributed by atoms with Gasteiger partial charge in [0.2, 0.25) is 0 Å². The second kappa shape index (κ2) is 11.5. The van der Waals surface area contributed by atoms with Crippen molar-refractivity contribution in [1.29, 1.82) is 0 Å². The number of hydrogen-bond acceptors (Lipinski definition) is 8. The minimum Gasteiger partial charge on any atom is -0.461 e. The molecule has 150 valence electrons. The fourth-order valence-electron chi connectivity index (χ4n) is 1.90. The lowest BCUT2D eigenvalue weighted by atomic mass is 10.3. The Kier molecular flexibility index (Phi) is 10.5. The van der Waals surface area contributed by atoms with Gasteiger partial charge in [-0.2, -0.15) is 8.42 Å². The zero-order chi connectivity index (χ0) is 20.3. The quantitative estimate of drug-likeness (QED) is 0.687. The molecule has 0 aromatic carbocycles. The molecule has 1 aromatic heterocycles. The van der Waals surface area contributed by atoms with Crippen LogP contribution in [0.2, 0.25) is 0 Å². The van der Waals surface area contributed by atoms with Crippen molar-refractivity contribution in [3.05, 3.63) is 17.7 Å². The number of carbonyl (C=O) groups is 2. The SMILES string of the molecule is CCN(CC)CC.CCOC(=O)c1c(C)ncn1S(=O)(=O)NC(=O)OC. The van der Waals surface area contributed by atoms with Gasteiger partial charge in [0.1, 0.15) is 6.33 Å². The molecule has 0 spiro atoms. The molecule has 1 amide bonds. The summed E-state index contributed by atoms with van der Waals surface area (Å²) in [5.41, 5.74) is -0.119. The molecule has 0 saturated carbocycles. The molecule has 1 aromatic rings. The van der Waals surface area contributed by atoms with Crippen molar-refractivity contribution in [2.45, 2.75) is 34.6 Å². The first-order valence-electron chi connectivity index (χ1n) is 8.22. The van der Waals surface area contributed by atoms with Crippen molar-refractivity contribution < 1.29 is 27.5 Å². The Labute approximate surface area is 154 Å². The van der Waals surface area contributed by atoms with Gasteiger partial charge in [-0.1, -0.05) is 20.8 Å². The van der Waals surface area contributed by atoms with Crippen LogP contribution in [0, 0.1) is 6.92 Å². The minimum absolute atomic E-state index is 0.0773. The maximum atomic E-state index is 11.8. The van der Waals surface area contributed by atoms with Gasteiger partial charge in [-0.05, 0) is 33.5 Å². The Morgan fingerprint density at radius 1 is 1.19 bits per heavy atom. The zero-order valence-corrected chi connectivity index (χ0v) is 16.9. The Morgan fingerprint density at radius 2 is 1.73 bits per heavy atom. The predicted octanol–water partition coefficient (Wildman–Crippen LogP) is 1.17. The third-order valence-corrected chi connectivity index (χ3v) is 4.61. The number of imidazole rings is 1. The number of nitrogens with one attached hydrogen (secondary N) is 1. The number of ether oxygens (including phenoxy) is 2. The number of rotatable bonds is 7. The zero-order valence-electron chi connectivity index (χ0n) is 16.1. The van der Waals surface area contributed by atoms with Crippen LogP contribution in [0.4, 0.5) is 4.79 Å². The van der Waals surface area contributed by atoms with Crippen molar-refractivity contribution in [2.24, 2.45) is 0 Å². The van der Waals surface area contributed by atoms with Crippen LogP contribution in [-0.4, -0.2) is 67.7 Å². The molecular formula is C15H28N4O6S. The monoisotopic (exact) mass is 392 g/mol. The van der Waals surface area contributed by atoms with Crippen LogP contribution >= 0.6 is 0 Å². The van der Waals surface area contributed by atoms with E-state index >= 15 is 0 Å². The van der Waals surface area contributed by atoms with Crippen LogP contribution in [0.3, 0.4) is 0 Å². The summed E-state index contributed by atoms with van der Waals surface area (Å²) < 4.78 is 34.7. The minimum atomic E-state index is -4.32. The van der Waals surface area contributed by atoms with E-state index in [4.69, 9.17) is 4.74 Å². The number of hydrogen-bond donors (Lipinski definition) is 1. The summed E-state index contributed by atoms with van der Waals surface area (Å²) in [6.45, 7) is 13.2. The van der Waals surface area contributed by atoms with Crippen molar-refractivity contribution >= 4 is 22.3 Å². The molecule has 0 saturated heterocycles. The summed E-state index contributed by atoms with van der Waals surface area (Å²) in [6, 6.07) is 0. The first-order valence-corrected chi connectivity index (χ1v) is 9.66. The summed E-state index contributed by atoms with van der Waals surface area (Å²) in [6.07, 6.45) is -0.284. The van der Waals surface area contributed by atoms with Crippen LogP contribution in [-0.2, 0) is 19.7 Å². The molecule has 1 N–H and O–H groups in total. The van der Waals surface area contributed by atoms with E-state index < -0.39 is 22.3 Å². The summed E-state index contributed by atoms with van der Waals surface area (Å²) in [5, 5.41) is 0. The highest BCUT2D eigenvalue weighted by atomic mass is 32.2. The predicted molar refractivity (Wildman–Crippen MR) is 96.2 cm³/mol. The van der Waals surface area contributed by atoms with E-state index in [0.29, 0.717) is 3.97 Å². The fraction of sp³-hybridized carbons (Fsp3) is 0.667. The number of aryl methyl sites for hydroxylation is 1. The van der Waals surface area contributed by atoms with Crippen LogP contribution < -0.4 is 4.72 Å². The second-order valence-electron chi connectivity index (χ2n) is 4.91. The third kappa shape index (κ3) is 7.00. The maximum Gasteiger partial charge on any atom is 0.422 e. The van der Waals surface area contributed by atoms with E-state index in [9.17, 15) is 18.0 Å². The van der Waals surface area contributed by atoms with Crippen LogP contribution in [0.25, 0.3) is 0 Å². The largest absolute Gasteiger partial charge is 0.461 e. The van der Waals surface area contributed by atoms with E-state index in [0.717, 1.165) is 13.4 Å². The van der Waals surface area contributed by atoms with E-state index in [1.165, 1.54) is 26.6 Å². The summed E-state index contributed by atoms with van der Waals surface area (Å²) in [5.74, 6) is -0.854. The van der Waals surface area contributed by atoms with Crippen LogP contribution in [0.5, 0.6) is 0 Å². The summed E-state index contributed by atoms with van der Waals surface area (Å²) in [4.78, 5) is 28.7. The molecule has 0 atom stereocenters. The van der Waals surface area contributed by atoms with Crippen LogP contribution in [0.15, 0.2) is 6.33 Å². The third-order valence-electron chi connectivity index (χ3n) is 3.39. The highest BCUT2D eigenvalue weighted by molar-refractivity contribution is 7.88. The van der Waals surface area contributed by atoms with Crippen molar-refractivity contribution in [3.8, 4) is 0 Å². The molecule has 26 heavy (non-hydrogen) atoms. The van der Waals surface area contributed by atoms with Crippen molar-refractivity contribution in [2.75, 3.05) is 33.4 Å². The van der Waals surface area contributed by atoms with Gasteiger partial charge in [0, 0.05) is 0 Å². The average molecular weight is 392 g/mol. The van der Waals surface area contributed by atoms with Crippen molar-refractivity contribution in [3.63, 3.8) is 0 Å². The van der Waals surface area contributed by atoms with E-state index in [2.05, 4.69) is 35.4 Å². The Hall–Kier alpha value is -2.14. The molecule has 11 heteroatoms. The normalized spacial score (nSPS) is 10.7. The van der Waals surface area contributed by atoms with Gasteiger partial charge in [0.15, 0.2) is 5.69 Å². The van der Waals surface area contributed by atoms with E-state index in [1.807, 2.05) is 0 Å². The van der Waals surface area contributed by atoms with Gasteiger partial charge in [0.05, 0.1) is 19.4 Å². The lowest BCUT2D eigenvalue weighted by molar-refractivity contribution is 0.0517. The molecule has 0 fully saturated rings. The molecule has 0 unspecified atom stereocenters. The first-order chi connectivity index (χ1) is 12.2. The van der Waals surface area contributed by atoms with Gasteiger partial charge in [-0.25, -0.2) is 23.3 Å². The number of carbonyl (C=O) groups excluding carboxylic acids is 2. The summed E-state index contributed by atoms with van der Waals surface area (Å²) in [7, 11) is -3.31. The molecule has 1 heterocycles. The topological polar surface area (TPSA) is 120 Å².